The number of rotatable bonds is 7. The van der Waals surface area contributed by atoms with E-state index in [0.717, 1.165) is 35.5 Å². The van der Waals surface area contributed by atoms with Crippen molar-refractivity contribution in [3.8, 4) is 0 Å². The molecule has 130 valence electrons. The molecule has 1 unspecified atom stereocenters. The first-order valence-corrected chi connectivity index (χ1v) is 8.73. The van der Waals surface area contributed by atoms with Gasteiger partial charge < -0.3 is 20.5 Å². The molecule has 3 N–H and O–H groups in total. The molecule has 26 heavy (non-hydrogen) atoms. The molecule has 0 aliphatic carbocycles. The summed E-state index contributed by atoms with van der Waals surface area (Å²) in [6.07, 6.45) is 1.77. The standard InChI is InChI=1S/C19H16N4O2S/c20-11-15-17(21-14-9-5-2-6-10-14)22-19(23-18(15)25)26-16(12-24)13-7-3-1-4-8-13/h1-12,16,20H,(H2,21,22,23,25). The van der Waals surface area contributed by atoms with Gasteiger partial charge in [0.15, 0.2) is 5.16 Å². The fourth-order valence-corrected chi connectivity index (χ4v) is 3.23. The van der Waals surface area contributed by atoms with E-state index >= 15 is 0 Å². The second kappa shape index (κ2) is 8.26. The van der Waals surface area contributed by atoms with Crippen LogP contribution in [0.4, 0.5) is 11.5 Å². The Morgan fingerprint density at radius 3 is 2.35 bits per heavy atom. The molecule has 1 aromatic heterocycles. The van der Waals surface area contributed by atoms with Gasteiger partial charge in [-0.2, -0.15) is 0 Å². The predicted molar refractivity (Wildman–Crippen MR) is 104 cm³/mol. The van der Waals surface area contributed by atoms with Crippen LogP contribution in [0.1, 0.15) is 16.4 Å². The third kappa shape index (κ3) is 4.07. The van der Waals surface area contributed by atoms with E-state index in [4.69, 9.17) is 5.41 Å². The highest BCUT2D eigenvalue weighted by Crippen LogP contribution is 2.31. The summed E-state index contributed by atoms with van der Waals surface area (Å²) in [5.41, 5.74) is 1.26. The first-order chi connectivity index (χ1) is 12.7. The molecule has 0 aliphatic heterocycles. The van der Waals surface area contributed by atoms with Crippen LogP contribution >= 0.6 is 11.8 Å². The van der Waals surface area contributed by atoms with Crippen LogP contribution in [-0.2, 0) is 4.79 Å². The number of para-hydroxylation sites is 1. The van der Waals surface area contributed by atoms with Crippen molar-refractivity contribution in [2.75, 3.05) is 5.32 Å². The van der Waals surface area contributed by atoms with Crippen molar-refractivity contribution in [3.63, 3.8) is 0 Å². The molecule has 0 bridgehead atoms. The van der Waals surface area contributed by atoms with E-state index in [9.17, 15) is 9.59 Å². The SMILES string of the molecule is N=Cc1c(Nc2ccccc2)nc(SC(C=O)c2ccccc2)[nH]c1=O. The molecule has 6 nitrogen and oxygen atoms in total. The number of carbonyl (C=O) groups is 1. The highest BCUT2D eigenvalue weighted by Gasteiger charge is 2.16. The Balaban J connectivity index is 1.94. The molecule has 2 aromatic carbocycles. The number of anilines is 2. The van der Waals surface area contributed by atoms with Gasteiger partial charge in [-0.1, -0.05) is 60.3 Å². The lowest BCUT2D eigenvalue weighted by molar-refractivity contribution is -0.107. The first kappa shape index (κ1) is 17.6. The van der Waals surface area contributed by atoms with Gasteiger partial charge in [0.05, 0.1) is 5.25 Å². The van der Waals surface area contributed by atoms with Crippen molar-refractivity contribution in [2.24, 2.45) is 0 Å². The Bertz CT molecular complexity index is 958. The number of H-pyrrole nitrogens is 1. The van der Waals surface area contributed by atoms with Crippen LogP contribution in [0.25, 0.3) is 0 Å². The number of hydrogen-bond donors (Lipinski definition) is 3. The van der Waals surface area contributed by atoms with E-state index in [1.54, 1.807) is 0 Å². The van der Waals surface area contributed by atoms with Crippen LogP contribution in [0.3, 0.4) is 0 Å². The number of aromatic nitrogens is 2. The van der Waals surface area contributed by atoms with E-state index in [1.165, 1.54) is 0 Å². The molecular formula is C19H16N4O2S. The monoisotopic (exact) mass is 364 g/mol. The van der Waals surface area contributed by atoms with Crippen LogP contribution in [0.2, 0.25) is 0 Å². The van der Waals surface area contributed by atoms with Gasteiger partial charge in [0, 0.05) is 11.9 Å². The van der Waals surface area contributed by atoms with Gasteiger partial charge in [0.2, 0.25) is 0 Å². The van der Waals surface area contributed by atoms with Crippen molar-refractivity contribution in [3.05, 3.63) is 82.1 Å². The predicted octanol–water partition coefficient (Wildman–Crippen LogP) is 3.54. The summed E-state index contributed by atoms with van der Waals surface area (Å²) in [5.74, 6) is 0.273. The summed E-state index contributed by atoms with van der Waals surface area (Å²) in [7, 11) is 0. The molecule has 1 heterocycles. The van der Waals surface area contributed by atoms with E-state index in [2.05, 4.69) is 15.3 Å². The van der Waals surface area contributed by atoms with Crippen molar-refractivity contribution in [1.29, 1.82) is 5.41 Å². The zero-order chi connectivity index (χ0) is 18.4. The maximum Gasteiger partial charge on any atom is 0.262 e. The smallest absolute Gasteiger partial charge is 0.262 e. The Kier molecular flexibility index (Phi) is 5.60. The van der Waals surface area contributed by atoms with Gasteiger partial charge in [-0.15, -0.1) is 0 Å². The molecule has 0 saturated carbocycles. The lowest BCUT2D eigenvalue weighted by atomic mass is 10.2. The lowest BCUT2D eigenvalue weighted by Crippen LogP contribution is -2.18. The van der Waals surface area contributed by atoms with Crippen LogP contribution in [0.15, 0.2) is 70.6 Å². The van der Waals surface area contributed by atoms with Crippen LogP contribution in [-0.4, -0.2) is 22.5 Å². The number of aldehydes is 1. The largest absolute Gasteiger partial charge is 0.339 e. The molecule has 0 spiro atoms. The summed E-state index contributed by atoms with van der Waals surface area (Å²) in [4.78, 5) is 30.8. The minimum absolute atomic E-state index is 0.126. The minimum atomic E-state index is -0.491. The van der Waals surface area contributed by atoms with Gasteiger partial charge in [0.25, 0.3) is 5.56 Å². The van der Waals surface area contributed by atoms with Crippen molar-refractivity contribution < 1.29 is 4.79 Å². The van der Waals surface area contributed by atoms with Crippen molar-refractivity contribution >= 4 is 35.8 Å². The third-order valence-corrected chi connectivity index (χ3v) is 4.66. The molecule has 0 fully saturated rings. The van der Waals surface area contributed by atoms with Crippen LogP contribution in [0, 0.1) is 5.41 Å². The molecule has 0 saturated heterocycles. The van der Waals surface area contributed by atoms with Crippen molar-refractivity contribution in [1.82, 2.24) is 9.97 Å². The molecule has 0 radical (unpaired) electrons. The number of carbonyl (C=O) groups excluding carboxylic acids is 1. The number of benzene rings is 2. The number of aromatic amines is 1. The zero-order valence-electron chi connectivity index (χ0n) is 13.7. The third-order valence-electron chi connectivity index (χ3n) is 3.60. The summed E-state index contributed by atoms with van der Waals surface area (Å²) < 4.78 is 0. The zero-order valence-corrected chi connectivity index (χ0v) is 14.5. The van der Waals surface area contributed by atoms with Gasteiger partial charge in [-0.3, -0.25) is 4.79 Å². The van der Waals surface area contributed by atoms with E-state index in [-0.39, 0.29) is 11.4 Å². The molecule has 3 rings (SSSR count). The fourth-order valence-electron chi connectivity index (χ4n) is 2.34. The maximum atomic E-state index is 12.3. The molecule has 0 aliphatic rings. The fraction of sp³-hybridized carbons (Fsp3) is 0.0526. The van der Waals surface area contributed by atoms with E-state index < -0.39 is 10.8 Å². The first-order valence-electron chi connectivity index (χ1n) is 7.85. The molecule has 3 aromatic rings. The summed E-state index contributed by atoms with van der Waals surface area (Å²) in [6, 6.07) is 18.5. The Labute approximate surface area is 154 Å². The average molecular weight is 364 g/mol. The molecule has 7 heteroatoms. The highest BCUT2D eigenvalue weighted by molar-refractivity contribution is 8.00. The Morgan fingerprint density at radius 2 is 1.73 bits per heavy atom. The summed E-state index contributed by atoms with van der Waals surface area (Å²) >= 11 is 1.15. The topological polar surface area (TPSA) is 98.7 Å². The number of nitrogens with one attached hydrogen (secondary N) is 3. The summed E-state index contributed by atoms with van der Waals surface area (Å²) in [6.45, 7) is 0. The number of hydrogen-bond acceptors (Lipinski definition) is 6. The number of nitrogens with zero attached hydrogens (tertiary/aromatic N) is 1. The lowest BCUT2D eigenvalue weighted by Gasteiger charge is -2.12. The summed E-state index contributed by atoms with van der Waals surface area (Å²) in [5, 5.41) is 10.4. The van der Waals surface area contributed by atoms with Gasteiger partial charge in [0.1, 0.15) is 17.7 Å². The average Bonchev–Trinajstić information content (AvgIpc) is 2.67. The molecule has 0 amide bonds. The highest BCUT2D eigenvalue weighted by atomic mass is 32.2. The van der Waals surface area contributed by atoms with E-state index in [1.807, 2.05) is 60.7 Å². The van der Waals surface area contributed by atoms with Crippen molar-refractivity contribution in [2.45, 2.75) is 10.4 Å². The quantitative estimate of drug-likeness (QED) is 0.258. The number of thioether (sulfide) groups is 1. The second-order valence-electron chi connectivity index (χ2n) is 5.35. The van der Waals surface area contributed by atoms with Crippen LogP contribution in [0.5, 0.6) is 0 Å². The van der Waals surface area contributed by atoms with Gasteiger partial charge in [-0.25, -0.2) is 4.98 Å². The van der Waals surface area contributed by atoms with Crippen LogP contribution < -0.4 is 10.9 Å². The Morgan fingerprint density at radius 1 is 1.08 bits per heavy atom. The molecular weight excluding hydrogens is 348 g/mol. The van der Waals surface area contributed by atoms with Gasteiger partial charge >= 0.3 is 0 Å². The van der Waals surface area contributed by atoms with E-state index in [0.29, 0.717) is 5.16 Å². The minimum Gasteiger partial charge on any atom is -0.339 e. The van der Waals surface area contributed by atoms with Gasteiger partial charge in [-0.05, 0) is 17.7 Å². The molecule has 1 atom stereocenters. The second-order valence-corrected chi connectivity index (χ2v) is 6.48. The maximum absolute atomic E-state index is 12.3. The Hall–Kier alpha value is -3.19. The normalized spacial score (nSPS) is 11.5.